The highest BCUT2D eigenvalue weighted by Crippen LogP contribution is 2.14. The zero-order valence-electron chi connectivity index (χ0n) is 8.80. The second-order valence-electron chi connectivity index (χ2n) is 3.48. The Hall–Kier alpha value is -2.28. The van der Waals surface area contributed by atoms with E-state index in [0.29, 0.717) is 6.42 Å². The molecule has 0 radical (unpaired) electrons. The summed E-state index contributed by atoms with van der Waals surface area (Å²) in [7, 11) is 0. The first-order chi connectivity index (χ1) is 8.16. The Kier molecular flexibility index (Phi) is 3.10. The van der Waals surface area contributed by atoms with E-state index in [-0.39, 0.29) is 5.82 Å². The fourth-order valence-corrected chi connectivity index (χ4v) is 1.42. The van der Waals surface area contributed by atoms with Gasteiger partial charge in [0.15, 0.2) is 0 Å². The maximum Gasteiger partial charge on any atom is 0.381 e. The summed E-state index contributed by atoms with van der Waals surface area (Å²) >= 11 is 0. The second-order valence-corrected chi connectivity index (χ2v) is 3.48. The first-order valence-electron chi connectivity index (χ1n) is 4.91. The number of nitrogens with zero attached hydrogens (tertiary/aromatic N) is 4. The van der Waals surface area contributed by atoms with Crippen LogP contribution in [0.15, 0.2) is 37.1 Å². The molecule has 2 rings (SSSR count). The van der Waals surface area contributed by atoms with Gasteiger partial charge in [0, 0.05) is 18.8 Å². The van der Waals surface area contributed by atoms with Crippen molar-refractivity contribution >= 4 is 5.82 Å². The highest BCUT2D eigenvalue weighted by molar-refractivity contribution is 5.14. The lowest BCUT2D eigenvalue weighted by molar-refractivity contribution is -0.389. The minimum Gasteiger partial charge on any atom is -0.373 e. The van der Waals surface area contributed by atoms with Crippen LogP contribution in [0, 0.1) is 10.1 Å². The van der Waals surface area contributed by atoms with Crippen LogP contribution >= 0.6 is 0 Å². The van der Waals surface area contributed by atoms with Crippen molar-refractivity contribution in [3.63, 3.8) is 0 Å². The molecule has 7 nitrogen and oxygen atoms in total. The van der Waals surface area contributed by atoms with Crippen molar-refractivity contribution in [3.8, 4) is 0 Å². The SMILES string of the molecule is O=[N+]([O-])c1cn(C(O)Cc2ccncc2)cn1. The van der Waals surface area contributed by atoms with E-state index in [1.54, 1.807) is 24.5 Å². The van der Waals surface area contributed by atoms with Gasteiger partial charge in [0.1, 0.15) is 12.4 Å². The molecule has 0 aromatic carbocycles. The van der Waals surface area contributed by atoms with Crippen molar-refractivity contribution in [3.05, 3.63) is 52.7 Å². The molecule has 7 heteroatoms. The monoisotopic (exact) mass is 234 g/mol. The third-order valence-corrected chi connectivity index (χ3v) is 2.29. The van der Waals surface area contributed by atoms with Crippen LogP contribution in [0.5, 0.6) is 0 Å². The summed E-state index contributed by atoms with van der Waals surface area (Å²) in [6.07, 6.45) is 5.15. The lowest BCUT2D eigenvalue weighted by atomic mass is 10.2. The summed E-state index contributed by atoms with van der Waals surface area (Å²) in [5.74, 6) is -0.279. The van der Waals surface area contributed by atoms with E-state index in [1.807, 2.05) is 0 Å². The smallest absolute Gasteiger partial charge is 0.373 e. The molecule has 0 saturated carbocycles. The third-order valence-electron chi connectivity index (χ3n) is 2.29. The zero-order chi connectivity index (χ0) is 12.3. The molecule has 0 saturated heterocycles. The van der Waals surface area contributed by atoms with E-state index < -0.39 is 11.2 Å². The molecule has 0 fully saturated rings. The molecule has 0 amide bonds. The lowest BCUT2D eigenvalue weighted by Gasteiger charge is -2.09. The normalized spacial score (nSPS) is 12.3. The van der Waals surface area contributed by atoms with E-state index in [1.165, 1.54) is 17.1 Å². The number of aliphatic hydroxyl groups is 1. The summed E-state index contributed by atoms with van der Waals surface area (Å²) in [6, 6.07) is 3.54. The molecule has 0 spiro atoms. The van der Waals surface area contributed by atoms with Crippen molar-refractivity contribution in [1.82, 2.24) is 14.5 Å². The lowest BCUT2D eigenvalue weighted by Crippen LogP contribution is -2.09. The van der Waals surface area contributed by atoms with Crippen molar-refractivity contribution in [2.24, 2.45) is 0 Å². The number of imidazole rings is 1. The molecule has 88 valence electrons. The fourth-order valence-electron chi connectivity index (χ4n) is 1.42. The van der Waals surface area contributed by atoms with Crippen LogP contribution in [-0.4, -0.2) is 24.6 Å². The van der Waals surface area contributed by atoms with Crippen molar-refractivity contribution in [2.45, 2.75) is 12.6 Å². The van der Waals surface area contributed by atoms with Crippen molar-refractivity contribution < 1.29 is 10.0 Å². The molecule has 2 aromatic heterocycles. The van der Waals surface area contributed by atoms with E-state index in [4.69, 9.17) is 0 Å². The van der Waals surface area contributed by atoms with Crippen molar-refractivity contribution in [1.29, 1.82) is 0 Å². The van der Waals surface area contributed by atoms with E-state index in [2.05, 4.69) is 9.97 Å². The van der Waals surface area contributed by atoms with Crippen molar-refractivity contribution in [2.75, 3.05) is 0 Å². The topological polar surface area (TPSA) is 94.1 Å². The predicted molar refractivity (Wildman–Crippen MR) is 58.1 cm³/mol. The number of hydrogen-bond donors (Lipinski definition) is 1. The van der Waals surface area contributed by atoms with E-state index in [0.717, 1.165) is 5.56 Å². The summed E-state index contributed by atoms with van der Waals surface area (Å²) in [6.45, 7) is 0. The van der Waals surface area contributed by atoms with Gasteiger partial charge in [-0.3, -0.25) is 9.55 Å². The van der Waals surface area contributed by atoms with Gasteiger partial charge in [0.2, 0.25) is 6.33 Å². The van der Waals surface area contributed by atoms with Gasteiger partial charge in [0.05, 0.1) is 0 Å². The molecule has 17 heavy (non-hydrogen) atoms. The third kappa shape index (κ3) is 2.64. The molecule has 1 unspecified atom stereocenters. The van der Waals surface area contributed by atoms with Gasteiger partial charge in [0.25, 0.3) is 0 Å². The Labute approximate surface area is 96.5 Å². The number of rotatable bonds is 4. The highest BCUT2D eigenvalue weighted by atomic mass is 16.6. The van der Waals surface area contributed by atoms with Crippen LogP contribution in [0.25, 0.3) is 0 Å². The molecule has 2 heterocycles. The molecule has 1 atom stereocenters. The van der Waals surface area contributed by atoms with Gasteiger partial charge in [-0.1, -0.05) is 0 Å². The molecular weight excluding hydrogens is 224 g/mol. The Morgan fingerprint density at radius 1 is 1.47 bits per heavy atom. The van der Waals surface area contributed by atoms with Crippen LogP contribution in [0.3, 0.4) is 0 Å². The zero-order valence-corrected chi connectivity index (χ0v) is 8.80. The van der Waals surface area contributed by atoms with E-state index in [9.17, 15) is 15.2 Å². The fraction of sp³-hybridized carbons (Fsp3) is 0.200. The van der Waals surface area contributed by atoms with Gasteiger partial charge in [-0.2, -0.15) is 0 Å². The summed E-state index contributed by atoms with van der Waals surface area (Å²) in [5, 5.41) is 20.3. The number of aromatic nitrogens is 3. The van der Waals surface area contributed by atoms with Crippen LogP contribution in [0.4, 0.5) is 5.82 Å². The van der Waals surface area contributed by atoms with Gasteiger partial charge >= 0.3 is 5.82 Å². The highest BCUT2D eigenvalue weighted by Gasteiger charge is 2.15. The summed E-state index contributed by atoms with van der Waals surface area (Å²) < 4.78 is 1.30. The minimum absolute atomic E-state index is 0.279. The Bertz CT molecular complexity index is 511. The predicted octanol–water partition coefficient (Wildman–Crippen LogP) is 0.920. The first kappa shape index (κ1) is 11.2. The molecule has 2 aromatic rings. The Balaban J connectivity index is 2.09. The number of aliphatic hydroxyl groups excluding tert-OH is 1. The summed E-state index contributed by atoms with van der Waals surface area (Å²) in [5.41, 5.74) is 0.892. The summed E-state index contributed by atoms with van der Waals surface area (Å²) in [4.78, 5) is 17.3. The Morgan fingerprint density at radius 2 is 2.18 bits per heavy atom. The molecular formula is C10H10N4O3. The van der Waals surface area contributed by atoms with E-state index >= 15 is 0 Å². The van der Waals surface area contributed by atoms with Gasteiger partial charge < -0.3 is 15.2 Å². The van der Waals surface area contributed by atoms with Crippen LogP contribution in [0.2, 0.25) is 0 Å². The van der Waals surface area contributed by atoms with Crippen LogP contribution in [0.1, 0.15) is 11.8 Å². The number of pyridine rings is 1. The average molecular weight is 234 g/mol. The number of hydrogen-bond acceptors (Lipinski definition) is 5. The minimum atomic E-state index is -0.876. The second kappa shape index (κ2) is 4.71. The molecule has 0 aliphatic heterocycles. The molecule has 0 bridgehead atoms. The maximum absolute atomic E-state index is 10.4. The van der Waals surface area contributed by atoms with Gasteiger partial charge in [-0.25, -0.2) is 0 Å². The largest absolute Gasteiger partial charge is 0.381 e. The Morgan fingerprint density at radius 3 is 2.76 bits per heavy atom. The van der Waals surface area contributed by atoms with Crippen LogP contribution in [-0.2, 0) is 6.42 Å². The quantitative estimate of drug-likeness (QED) is 0.627. The van der Waals surface area contributed by atoms with Crippen LogP contribution < -0.4 is 0 Å². The molecule has 0 aliphatic rings. The molecule has 0 aliphatic carbocycles. The first-order valence-corrected chi connectivity index (χ1v) is 4.91. The standard InChI is InChI=1S/C10H10N4O3/c15-10(5-8-1-3-11-4-2-8)13-6-9(12-7-13)14(16)17/h1-4,6-7,10,15H,5H2. The number of nitro groups is 1. The van der Waals surface area contributed by atoms with Gasteiger partial charge in [-0.05, 0) is 27.6 Å². The maximum atomic E-state index is 10.4. The van der Waals surface area contributed by atoms with Gasteiger partial charge in [-0.15, -0.1) is 0 Å². The average Bonchev–Trinajstić information content (AvgIpc) is 2.79. The molecule has 1 N–H and O–H groups in total.